The molecule has 0 fully saturated rings. The largest absolute Gasteiger partial charge is 0.497 e. The number of amides is 2. The van der Waals surface area contributed by atoms with Gasteiger partial charge in [0, 0.05) is 11.6 Å². The van der Waals surface area contributed by atoms with Crippen molar-refractivity contribution in [2.24, 2.45) is 5.92 Å². The van der Waals surface area contributed by atoms with E-state index in [1.165, 1.54) is 14.2 Å². The summed E-state index contributed by atoms with van der Waals surface area (Å²) in [5.41, 5.74) is 2.52. The molecule has 2 aromatic rings. The van der Waals surface area contributed by atoms with E-state index in [1.54, 1.807) is 18.2 Å². The highest BCUT2D eigenvalue weighted by atomic mass is 16.5. The Morgan fingerprint density at radius 3 is 2.00 bits per heavy atom. The molecule has 0 aliphatic carbocycles. The summed E-state index contributed by atoms with van der Waals surface area (Å²) in [5.74, 6) is 0.343. The van der Waals surface area contributed by atoms with Gasteiger partial charge in [0.1, 0.15) is 17.5 Å². The molecule has 0 saturated heterocycles. The van der Waals surface area contributed by atoms with E-state index in [4.69, 9.17) is 9.47 Å². The number of carbonyl (C=O) groups is 2. The first-order valence-corrected chi connectivity index (χ1v) is 9.66. The Morgan fingerprint density at radius 1 is 0.897 bits per heavy atom. The molecule has 2 atom stereocenters. The maximum absolute atomic E-state index is 12.9. The van der Waals surface area contributed by atoms with Crippen molar-refractivity contribution < 1.29 is 19.1 Å². The van der Waals surface area contributed by atoms with Crippen molar-refractivity contribution in [1.29, 1.82) is 0 Å². The van der Waals surface area contributed by atoms with E-state index in [9.17, 15) is 9.59 Å². The maximum atomic E-state index is 12.9. The third kappa shape index (κ3) is 5.73. The second kappa shape index (κ2) is 9.96. The number of ether oxygens (including phenoxy) is 2. The average Bonchev–Trinajstić information content (AvgIpc) is 2.71. The van der Waals surface area contributed by atoms with Gasteiger partial charge in [0.25, 0.3) is 5.91 Å². The molecule has 0 aromatic heterocycles. The lowest BCUT2D eigenvalue weighted by Crippen LogP contribution is -2.50. The number of hydrogen-bond acceptors (Lipinski definition) is 4. The maximum Gasteiger partial charge on any atom is 0.252 e. The SMILES string of the molecule is COc1cc(OC)cc(C(=O)NC(C(=O)NC(C)c2ccccc2C)C(C)C)c1. The Kier molecular flexibility index (Phi) is 7.65. The molecule has 0 saturated carbocycles. The van der Waals surface area contributed by atoms with Gasteiger partial charge in [-0.2, -0.15) is 0 Å². The summed E-state index contributed by atoms with van der Waals surface area (Å²) >= 11 is 0. The van der Waals surface area contributed by atoms with Crippen molar-refractivity contribution in [3.63, 3.8) is 0 Å². The van der Waals surface area contributed by atoms with Gasteiger partial charge in [-0.05, 0) is 43.0 Å². The molecule has 2 N–H and O–H groups in total. The van der Waals surface area contributed by atoms with E-state index in [0.29, 0.717) is 17.1 Å². The van der Waals surface area contributed by atoms with Crippen LogP contribution in [0.5, 0.6) is 11.5 Å². The number of carbonyl (C=O) groups excluding carboxylic acids is 2. The number of aryl methyl sites for hydroxylation is 1. The van der Waals surface area contributed by atoms with Crippen molar-refractivity contribution >= 4 is 11.8 Å². The number of methoxy groups -OCH3 is 2. The minimum absolute atomic E-state index is 0.0875. The summed E-state index contributed by atoms with van der Waals surface area (Å²) in [5, 5.41) is 5.86. The van der Waals surface area contributed by atoms with Crippen LogP contribution in [0, 0.1) is 12.8 Å². The average molecular weight is 399 g/mol. The highest BCUT2D eigenvalue weighted by Crippen LogP contribution is 2.23. The molecule has 29 heavy (non-hydrogen) atoms. The van der Waals surface area contributed by atoms with Gasteiger partial charge in [-0.25, -0.2) is 0 Å². The van der Waals surface area contributed by atoms with Crippen LogP contribution in [0.1, 0.15) is 48.3 Å². The molecule has 2 unspecified atom stereocenters. The Hall–Kier alpha value is -3.02. The lowest BCUT2D eigenvalue weighted by Gasteiger charge is -2.25. The van der Waals surface area contributed by atoms with E-state index in [-0.39, 0.29) is 23.8 Å². The smallest absolute Gasteiger partial charge is 0.252 e. The molecule has 0 bridgehead atoms. The monoisotopic (exact) mass is 398 g/mol. The minimum Gasteiger partial charge on any atom is -0.497 e. The molecule has 156 valence electrons. The fourth-order valence-electron chi connectivity index (χ4n) is 3.15. The standard InChI is InChI=1S/C23H30N2O4/c1-14(2)21(23(27)24-16(4)20-10-8-7-9-15(20)3)25-22(26)17-11-18(28-5)13-19(12-17)29-6/h7-14,16,21H,1-6H3,(H,24,27)(H,25,26). The molecule has 2 rings (SSSR count). The number of rotatable bonds is 8. The molecule has 0 heterocycles. The van der Waals surface area contributed by atoms with E-state index in [0.717, 1.165) is 11.1 Å². The minimum atomic E-state index is -0.675. The summed E-state index contributed by atoms with van der Waals surface area (Å²) in [7, 11) is 3.04. The van der Waals surface area contributed by atoms with E-state index < -0.39 is 6.04 Å². The number of benzene rings is 2. The third-order valence-corrected chi connectivity index (χ3v) is 4.86. The van der Waals surface area contributed by atoms with Crippen molar-refractivity contribution in [3.8, 4) is 11.5 Å². The Balaban J connectivity index is 2.16. The molecule has 0 aliphatic rings. The first kappa shape index (κ1) is 22.3. The second-order valence-corrected chi connectivity index (χ2v) is 7.38. The first-order chi connectivity index (χ1) is 13.8. The quantitative estimate of drug-likeness (QED) is 0.712. The lowest BCUT2D eigenvalue weighted by molar-refractivity contribution is -0.124. The predicted molar refractivity (Wildman–Crippen MR) is 113 cm³/mol. The number of nitrogens with one attached hydrogen (secondary N) is 2. The zero-order valence-electron chi connectivity index (χ0n) is 17.9. The summed E-state index contributed by atoms with van der Waals surface area (Å²) < 4.78 is 10.4. The highest BCUT2D eigenvalue weighted by molar-refractivity contribution is 5.98. The molecule has 6 nitrogen and oxygen atoms in total. The molecular formula is C23H30N2O4. The second-order valence-electron chi connectivity index (χ2n) is 7.38. The number of hydrogen-bond donors (Lipinski definition) is 2. The van der Waals surface area contributed by atoms with Crippen LogP contribution in [-0.4, -0.2) is 32.1 Å². The Bertz CT molecular complexity index is 841. The van der Waals surface area contributed by atoms with Crippen LogP contribution >= 0.6 is 0 Å². The molecular weight excluding hydrogens is 368 g/mol. The summed E-state index contributed by atoms with van der Waals surface area (Å²) in [4.78, 5) is 25.7. The normalized spacial score (nSPS) is 12.8. The lowest BCUT2D eigenvalue weighted by atomic mass is 9.99. The highest BCUT2D eigenvalue weighted by Gasteiger charge is 2.26. The van der Waals surface area contributed by atoms with Crippen LogP contribution in [0.2, 0.25) is 0 Å². The van der Waals surface area contributed by atoms with Crippen LogP contribution in [-0.2, 0) is 4.79 Å². The topological polar surface area (TPSA) is 76.7 Å². The van der Waals surface area contributed by atoms with Gasteiger partial charge in [-0.1, -0.05) is 38.1 Å². The molecule has 0 radical (unpaired) electrons. The van der Waals surface area contributed by atoms with Gasteiger partial charge in [0.2, 0.25) is 5.91 Å². The molecule has 2 amide bonds. The van der Waals surface area contributed by atoms with Crippen LogP contribution in [0.3, 0.4) is 0 Å². The first-order valence-electron chi connectivity index (χ1n) is 9.66. The van der Waals surface area contributed by atoms with Crippen molar-refractivity contribution in [2.45, 2.75) is 39.8 Å². The van der Waals surface area contributed by atoms with Crippen LogP contribution < -0.4 is 20.1 Å². The zero-order chi connectivity index (χ0) is 21.6. The summed E-state index contributed by atoms with van der Waals surface area (Å²) in [6, 6.07) is 12.0. The summed E-state index contributed by atoms with van der Waals surface area (Å²) in [6.07, 6.45) is 0. The van der Waals surface area contributed by atoms with Gasteiger partial charge in [-0.3, -0.25) is 9.59 Å². The fourth-order valence-corrected chi connectivity index (χ4v) is 3.15. The van der Waals surface area contributed by atoms with Crippen LogP contribution in [0.25, 0.3) is 0 Å². The van der Waals surface area contributed by atoms with Gasteiger partial charge in [0.15, 0.2) is 0 Å². The predicted octanol–water partition coefficient (Wildman–Crippen LogP) is 3.64. The van der Waals surface area contributed by atoms with Crippen molar-refractivity contribution in [3.05, 3.63) is 59.2 Å². The van der Waals surface area contributed by atoms with E-state index in [1.807, 2.05) is 52.0 Å². The van der Waals surface area contributed by atoms with Crippen molar-refractivity contribution in [2.75, 3.05) is 14.2 Å². The molecule has 0 spiro atoms. The van der Waals surface area contributed by atoms with Gasteiger partial charge >= 0.3 is 0 Å². The molecule has 0 aliphatic heterocycles. The fraction of sp³-hybridized carbons (Fsp3) is 0.391. The Morgan fingerprint density at radius 2 is 1.48 bits per heavy atom. The molecule has 6 heteroatoms. The third-order valence-electron chi connectivity index (χ3n) is 4.86. The van der Waals surface area contributed by atoms with Gasteiger partial charge in [-0.15, -0.1) is 0 Å². The van der Waals surface area contributed by atoms with Crippen LogP contribution in [0.15, 0.2) is 42.5 Å². The van der Waals surface area contributed by atoms with Gasteiger partial charge < -0.3 is 20.1 Å². The van der Waals surface area contributed by atoms with Crippen LogP contribution in [0.4, 0.5) is 0 Å². The summed E-state index contributed by atoms with van der Waals surface area (Å²) in [6.45, 7) is 7.74. The zero-order valence-corrected chi connectivity index (χ0v) is 17.9. The van der Waals surface area contributed by atoms with Crippen molar-refractivity contribution in [1.82, 2.24) is 10.6 Å². The molecule has 2 aromatic carbocycles. The van der Waals surface area contributed by atoms with E-state index in [2.05, 4.69) is 10.6 Å². The van der Waals surface area contributed by atoms with Gasteiger partial charge in [0.05, 0.1) is 20.3 Å². The van der Waals surface area contributed by atoms with E-state index >= 15 is 0 Å². The Labute approximate surface area is 172 Å².